The van der Waals surface area contributed by atoms with Crippen LogP contribution < -0.4 is 5.73 Å². The number of guanidine groups is 1. The SMILES string of the molecule is Cc1nc2c(C(=O)N(C)C)cccc2n1-c1cccc(C2(C)CC(=O)N(C)C(N)=N2)c1. The summed E-state index contributed by atoms with van der Waals surface area (Å²) in [5, 5.41) is 0. The van der Waals surface area contributed by atoms with Crippen molar-refractivity contribution in [1.82, 2.24) is 19.4 Å². The van der Waals surface area contributed by atoms with E-state index in [1.54, 1.807) is 32.1 Å². The molecule has 2 aromatic carbocycles. The van der Waals surface area contributed by atoms with E-state index < -0.39 is 5.54 Å². The Kier molecular flexibility index (Phi) is 4.80. The Balaban J connectivity index is 1.86. The van der Waals surface area contributed by atoms with Crippen LogP contribution in [-0.2, 0) is 10.3 Å². The molecular formula is C23H26N6O2. The van der Waals surface area contributed by atoms with Crippen molar-refractivity contribution < 1.29 is 9.59 Å². The number of carbonyl (C=O) groups excluding carboxylic acids is 2. The van der Waals surface area contributed by atoms with Gasteiger partial charge in [0.2, 0.25) is 5.91 Å². The first-order valence-corrected chi connectivity index (χ1v) is 10.0. The molecule has 0 aliphatic carbocycles. The molecule has 2 heterocycles. The number of nitrogens with zero attached hydrogens (tertiary/aromatic N) is 5. The van der Waals surface area contributed by atoms with Crippen molar-refractivity contribution in [3.8, 4) is 5.69 Å². The lowest BCUT2D eigenvalue weighted by Crippen LogP contribution is -2.47. The molecule has 1 aliphatic heterocycles. The fourth-order valence-corrected chi connectivity index (χ4v) is 4.01. The highest BCUT2D eigenvalue weighted by Crippen LogP contribution is 2.34. The average molecular weight is 419 g/mol. The van der Waals surface area contributed by atoms with Crippen molar-refractivity contribution in [3.05, 3.63) is 59.4 Å². The number of fused-ring (bicyclic) bond motifs is 1. The second kappa shape index (κ2) is 7.23. The van der Waals surface area contributed by atoms with Crippen LogP contribution in [0.4, 0.5) is 0 Å². The summed E-state index contributed by atoms with van der Waals surface area (Å²) in [6, 6.07) is 13.5. The number of hydrogen-bond acceptors (Lipinski definition) is 5. The summed E-state index contributed by atoms with van der Waals surface area (Å²) >= 11 is 0. The van der Waals surface area contributed by atoms with E-state index in [2.05, 4.69) is 4.99 Å². The highest BCUT2D eigenvalue weighted by molar-refractivity contribution is 6.05. The molecule has 0 fully saturated rings. The van der Waals surface area contributed by atoms with Gasteiger partial charge in [0.25, 0.3) is 5.91 Å². The van der Waals surface area contributed by atoms with Crippen molar-refractivity contribution in [2.24, 2.45) is 10.7 Å². The summed E-state index contributed by atoms with van der Waals surface area (Å²) in [6.07, 6.45) is 0.235. The van der Waals surface area contributed by atoms with Gasteiger partial charge >= 0.3 is 0 Å². The second-order valence-electron chi connectivity index (χ2n) is 8.29. The maximum absolute atomic E-state index is 12.6. The lowest BCUT2D eigenvalue weighted by molar-refractivity contribution is -0.128. The molecule has 0 spiro atoms. The molecule has 2 amide bonds. The van der Waals surface area contributed by atoms with Crippen molar-refractivity contribution in [2.75, 3.05) is 21.1 Å². The smallest absolute Gasteiger partial charge is 0.255 e. The molecule has 0 radical (unpaired) electrons. The predicted molar refractivity (Wildman–Crippen MR) is 120 cm³/mol. The minimum absolute atomic E-state index is 0.0727. The van der Waals surface area contributed by atoms with Gasteiger partial charge in [-0.1, -0.05) is 18.2 Å². The van der Waals surface area contributed by atoms with Crippen molar-refractivity contribution >= 4 is 28.8 Å². The zero-order valence-corrected chi connectivity index (χ0v) is 18.4. The fraction of sp³-hybridized carbons (Fsp3) is 0.304. The van der Waals surface area contributed by atoms with E-state index in [4.69, 9.17) is 10.7 Å². The Morgan fingerprint density at radius 3 is 2.58 bits per heavy atom. The number of aromatic nitrogens is 2. The van der Waals surface area contributed by atoms with Crippen LogP contribution in [0.15, 0.2) is 47.5 Å². The Hall–Kier alpha value is -3.68. The zero-order chi connectivity index (χ0) is 22.5. The van der Waals surface area contributed by atoms with Gasteiger partial charge in [0, 0.05) is 26.8 Å². The van der Waals surface area contributed by atoms with Crippen molar-refractivity contribution in [1.29, 1.82) is 0 Å². The molecule has 8 heteroatoms. The van der Waals surface area contributed by atoms with Gasteiger partial charge in [-0.3, -0.25) is 19.1 Å². The maximum Gasteiger partial charge on any atom is 0.255 e. The molecule has 1 aliphatic rings. The standard InChI is InChI=1S/C23H26N6O2/c1-14-25-20-17(21(31)27(3)4)10-7-11-18(20)29(14)16-9-6-8-15(12-16)23(2)13-19(30)28(5)22(24)26-23/h6-12H,13H2,1-5H3,(H2,24,26). The van der Waals surface area contributed by atoms with Gasteiger partial charge in [0.15, 0.2) is 5.96 Å². The summed E-state index contributed by atoms with van der Waals surface area (Å²) in [5.74, 6) is 0.807. The molecule has 31 heavy (non-hydrogen) atoms. The Morgan fingerprint density at radius 1 is 1.19 bits per heavy atom. The molecule has 3 aromatic rings. The number of aryl methyl sites for hydroxylation is 1. The molecule has 1 aromatic heterocycles. The first-order valence-electron chi connectivity index (χ1n) is 10.0. The molecule has 2 N–H and O–H groups in total. The fourth-order valence-electron chi connectivity index (χ4n) is 4.01. The summed E-state index contributed by atoms with van der Waals surface area (Å²) in [6.45, 7) is 3.82. The summed E-state index contributed by atoms with van der Waals surface area (Å²) in [5.41, 5.74) is 9.07. The molecule has 0 saturated carbocycles. The van der Waals surface area contributed by atoms with Crippen LogP contribution in [0.3, 0.4) is 0 Å². The first-order chi connectivity index (χ1) is 14.6. The average Bonchev–Trinajstić information content (AvgIpc) is 3.07. The van der Waals surface area contributed by atoms with Crippen LogP contribution in [0.2, 0.25) is 0 Å². The van der Waals surface area contributed by atoms with Crippen LogP contribution in [0.25, 0.3) is 16.7 Å². The number of rotatable bonds is 3. The van der Waals surface area contributed by atoms with Gasteiger partial charge < -0.3 is 10.6 Å². The molecule has 8 nitrogen and oxygen atoms in total. The van der Waals surface area contributed by atoms with Gasteiger partial charge in [-0.15, -0.1) is 0 Å². The third kappa shape index (κ3) is 3.34. The highest BCUT2D eigenvalue weighted by Gasteiger charge is 2.36. The van der Waals surface area contributed by atoms with Crippen LogP contribution >= 0.6 is 0 Å². The predicted octanol–water partition coefficient (Wildman–Crippen LogP) is 2.43. The molecule has 4 rings (SSSR count). The van der Waals surface area contributed by atoms with E-state index in [1.807, 2.05) is 54.8 Å². The van der Waals surface area contributed by atoms with Crippen molar-refractivity contribution in [3.63, 3.8) is 0 Å². The summed E-state index contributed by atoms with van der Waals surface area (Å²) in [4.78, 5) is 37.2. The minimum atomic E-state index is -0.750. The summed E-state index contributed by atoms with van der Waals surface area (Å²) in [7, 11) is 5.08. The van der Waals surface area contributed by atoms with Gasteiger partial charge in [0.1, 0.15) is 11.3 Å². The van der Waals surface area contributed by atoms with E-state index >= 15 is 0 Å². The van der Waals surface area contributed by atoms with E-state index in [0.29, 0.717) is 11.1 Å². The number of benzene rings is 2. The maximum atomic E-state index is 12.6. The van der Waals surface area contributed by atoms with Gasteiger partial charge in [-0.25, -0.2) is 9.98 Å². The summed E-state index contributed by atoms with van der Waals surface area (Å²) < 4.78 is 2.01. The topological polar surface area (TPSA) is 96.8 Å². The molecule has 1 atom stereocenters. The monoisotopic (exact) mass is 418 g/mol. The molecule has 0 bridgehead atoms. The molecule has 1 unspecified atom stereocenters. The van der Waals surface area contributed by atoms with E-state index in [1.165, 1.54) is 4.90 Å². The van der Waals surface area contributed by atoms with Crippen LogP contribution in [0, 0.1) is 6.92 Å². The zero-order valence-electron chi connectivity index (χ0n) is 18.4. The number of imidazole rings is 1. The largest absolute Gasteiger partial charge is 0.369 e. The van der Waals surface area contributed by atoms with Crippen LogP contribution in [0.1, 0.15) is 35.1 Å². The Morgan fingerprint density at radius 2 is 1.90 bits per heavy atom. The van der Waals surface area contributed by atoms with E-state index in [9.17, 15) is 9.59 Å². The number of hydrogen-bond donors (Lipinski definition) is 1. The highest BCUT2D eigenvalue weighted by atomic mass is 16.2. The van der Waals surface area contributed by atoms with Gasteiger partial charge in [-0.05, 0) is 43.7 Å². The van der Waals surface area contributed by atoms with Crippen LogP contribution in [0.5, 0.6) is 0 Å². The van der Waals surface area contributed by atoms with E-state index in [0.717, 1.165) is 22.6 Å². The molecular weight excluding hydrogens is 392 g/mol. The second-order valence-corrected chi connectivity index (χ2v) is 8.29. The van der Waals surface area contributed by atoms with Gasteiger partial charge in [0.05, 0.1) is 23.0 Å². The van der Waals surface area contributed by atoms with Crippen molar-refractivity contribution in [2.45, 2.75) is 25.8 Å². The lowest BCUT2D eigenvalue weighted by atomic mass is 9.87. The number of aliphatic imine (C=N–C) groups is 1. The quantitative estimate of drug-likeness (QED) is 0.706. The third-order valence-corrected chi connectivity index (χ3v) is 5.79. The van der Waals surface area contributed by atoms with Gasteiger partial charge in [-0.2, -0.15) is 0 Å². The Labute approximate surface area is 181 Å². The number of para-hydroxylation sites is 1. The normalized spacial score (nSPS) is 18.9. The number of amides is 2. The number of carbonyl (C=O) groups is 2. The molecule has 0 saturated heterocycles. The Bertz CT molecular complexity index is 1240. The number of nitrogens with two attached hydrogens (primary N) is 1. The lowest BCUT2D eigenvalue weighted by Gasteiger charge is -2.33. The first kappa shape index (κ1) is 20.6. The van der Waals surface area contributed by atoms with E-state index in [-0.39, 0.29) is 24.2 Å². The molecule has 160 valence electrons. The third-order valence-electron chi connectivity index (χ3n) is 5.79. The van der Waals surface area contributed by atoms with Crippen LogP contribution in [-0.4, -0.2) is 58.3 Å². The minimum Gasteiger partial charge on any atom is -0.369 e.